The number of hydrogen-bond donors (Lipinski definition) is 0. The Bertz CT molecular complexity index is 1590. The SMILES string of the molecule is CC=CCC(=O)C(C)(CCCCC(=O)C(C)(C)N1COC(C)=C(c2ccccc2F)C1=O)N1COC(C)=C(c2ccccc2)C1=O. The molecule has 2 aromatic rings. The minimum absolute atomic E-state index is 0.0562. The van der Waals surface area contributed by atoms with Crippen LogP contribution < -0.4 is 0 Å². The molecule has 2 amide bonds. The molecule has 244 valence electrons. The first-order chi connectivity index (χ1) is 21.8. The maximum absolute atomic E-state index is 14.6. The number of Topliss-reactive ketones (excluding diaryl/α,β-unsaturated/α-hetero) is 2. The second-order valence-corrected chi connectivity index (χ2v) is 12.4. The molecule has 2 aliphatic rings. The van der Waals surface area contributed by atoms with Gasteiger partial charge in [0.15, 0.2) is 25.0 Å². The van der Waals surface area contributed by atoms with Crippen LogP contribution in [0.1, 0.15) is 84.8 Å². The lowest BCUT2D eigenvalue weighted by molar-refractivity contribution is -0.150. The summed E-state index contributed by atoms with van der Waals surface area (Å²) in [5, 5.41) is 0. The number of carbonyl (C=O) groups is 4. The number of nitrogens with zero attached hydrogens (tertiary/aromatic N) is 2. The Kier molecular flexibility index (Phi) is 10.7. The van der Waals surface area contributed by atoms with Crippen molar-refractivity contribution in [3.63, 3.8) is 0 Å². The van der Waals surface area contributed by atoms with Crippen molar-refractivity contribution in [3.8, 4) is 0 Å². The molecule has 8 nitrogen and oxygen atoms in total. The predicted octanol–water partition coefficient (Wildman–Crippen LogP) is 6.82. The van der Waals surface area contributed by atoms with Gasteiger partial charge in [-0.2, -0.15) is 0 Å². The van der Waals surface area contributed by atoms with Crippen molar-refractivity contribution in [2.75, 3.05) is 13.5 Å². The summed E-state index contributed by atoms with van der Waals surface area (Å²) < 4.78 is 26.3. The Hall–Kier alpha value is -4.53. The number of ether oxygens (including phenoxy) is 2. The van der Waals surface area contributed by atoms with Gasteiger partial charge >= 0.3 is 0 Å². The van der Waals surface area contributed by atoms with Gasteiger partial charge in [-0.25, -0.2) is 4.39 Å². The molecular weight excluding hydrogens is 587 g/mol. The summed E-state index contributed by atoms with van der Waals surface area (Å²) in [7, 11) is 0. The molecule has 46 heavy (non-hydrogen) atoms. The van der Waals surface area contributed by atoms with Gasteiger partial charge < -0.3 is 9.47 Å². The number of carbonyl (C=O) groups excluding carboxylic acids is 4. The van der Waals surface area contributed by atoms with Crippen molar-refractivity contribution < 1.29 is 33.0 Å². The van der Waals surface area contributed by atoms with Gasteiger partial charge in [0.1, 0.15) is 22.9 Å². The van der Waals surface area contributed by atoms with Gasteiger partial charge in [-0.05, 0) is 66.0 Å². The zero-order chi connectivity index (χ0) is 33.6. The van der Waals surface area contributed by atoms with E-state index in [1.807, 2.05) is 37.3 Å². The standard InChI is InChI=1S/C37H43FN2O6/c1-7-8-20-31(42)37(6,40-24-46-25(2)32(34(40)43)27-16-10-9-11-17-27)22-15-14-21-30(41)36(4,5)39-23-45-26(3)33(35(39)44)28-18-12-13-19-29(28)38/h7-13,16-19H,14-15,20-24H2,1-6H3. The average Bonchev–Trinajstić information content (AvgIpc) is 3.03. The van der Waals surface area contributed by atoms with Crippen molar-refractivity contribution in [3.05, 3.63) is 95.2 Å². The summed E-state index contributed by atoms with van der Waals surface area (Å²) in [6.07, 6.45) is 5.07. The third kappa shape index (κ3) is 6.83. The van der Waals surface area contributed by atoms with Crippen LogP contribution in [0.3, 0.4) is 0 Å². The number of rotatable bonds is 13. The first-order valence-electron chi connectivity index (χ1n) is 15.6. The van der Waals surface area contributed by atoms with E-state index in [0.29, 0.717) is 41.9 Å². The van der Waals surface area contributed by atoms with Crippen LogP contribution in [0.15, 0.2) is 78.3 Å². The zero-order valence-corrected chi connectivity index (χ0v) is 27.5. The fourth-order valence-electron chi connectivity index (χ4n) is 5.92. The first-order valence-corrected chi connectivity index (χ1v) is 15.6. The lowest BCUT2D eigenvalue weighted by atomic mass is 9.84. The molecule has 1 unspecified atom stereocenters. The highest BCUT2D eigenvalue weighted by Crippen LogP contribution is 2.36. The van der Waals surface area contributed by atoms with Crippen LogP contribution in [0.2, 0.25) is 0 Å². The van der Waals surface area contributed by atoms with E-state index < -0.39 is 22.8 Å². The van der Waals surface area contributed by atoms with Gasteiger partial charge in [0.2, 0.25) is 0 Å². The quantitative estimate of drug-likeness (QED) is 0.178. The molecule has 0 aliphatic carbocycles. The summed E-state index contributed by atoms with van der Waals surface area (Å²) in [5.41, 5.74) is -1.07. The van der Waals surface area contributed by atoms with Crippen LogP contribution in [0.5, 0.6) is 0 Å². The molecule has 0 bridgehead atoms. The maximum Gasteiger partial charge on any atom is 0.261 e. The molecule has 0 spiro atoms. The van der Waals surface area contributed by atoms with Crippen molar-refractivity contribution in [1.29, 1.82) is 0 Å². The number of hydrogen-bond acceptors (Lipinski definition) is 6. The Labute approximate surface area is 270 Å². The van der Waals surface area contributed by atoms with Gasteiger partial charge in [0.25, 0.3) is 11.8 Å². The Morgan fingerprint density at radius 2 is 1.41 bits per heavy atom. The van der Waals surface area contributed by atoms with E-state index in [4.69, 9.17) is 9.47 Å². The summed E-state index contributed by atoms with van der Waals surface area (Å²) in [6.45, 7) is 10.1. The van der Waals surface area contributed by atoms with E-state index in [0.717, 1.165) is 0 Å². The van der Waals surface area contributed by atoms with Crippen LogP contribution in [0.25, 0.3) is 11.1 Å². The number of amides is 2. The third-order valence-corrected chi connectivity index (χ3v) is 9.06. The molecule has 0 fully saturated rings. The fraction of sp³-hybridized carbons (Fsp3) is 0.405. The van der Waals surface area contributed by atoms with E-state index in [-0.39, 0.29) is 54.9 Å². The van der Waals surface area contributed by atoms with Gasteiger partial charge in [-0.15, -0.1) is 0 Å². The van der Waals surface area contributed by atoms with Gasteiger partial charge in [0.05, 0.1) is 16.7 Å². The Morgan fingerprint density at radius 3 is 2.07 bits per heavy atom. The number of unbranched alkanes of at least 4 members (excludes halogenated alkanes) is 1. The molecule has 4 rings (SSSR count). The molecule has 2 heterocycles. The van der Waals surface area contributed by atoms with E-state index in [2.05, 4.69) is 0 Å². The van der Waals surface area contributed by atoms with E-state index in [1.165, 1.54) is 21.9 Å². The van der Waals surface area contributed by atoms with E-state index in [1.54, 1.807) is 58.9 Å². The highest BCUT2D eigenvalue weighted by molar-refractivity contribution is 6.22. The van der Waals surface area contributed by atoms with Gasteiger partial charge in [0, 0.05) is 18.4 Å². The molecular formula is C37H43FN2O6. The number of benzene rings is 2. The normalized spacial score (nSPS) is 17.3. The van der Waals surface area contributed by atoms with Crippen LogP contribution >= 0.6 is 0 Å². The third-order valence-electron chi connectivity index (χ3n) is 9.06. The summed E-state index contributed by atoms with van der Waals surface area (Å²) >= 11 is 0. The average molecular weight is 631 g/mol. The van der Waals surface area contributed by atoms with Crippen LogP contribution in [0.4, 0.5) is 4.39 Å². The van der Waals surface area contributed by atoms with Crippen LogP contribution in [-0.4, -0.2) is 57.7 Å². The van der Waals surface area contributed by atoms with Crippen LogP contribution in [0, 0.1) is 5.82 Å². The minimum atomic E-state index is -1.23. The monoisotopic (exact) mass is 630 g/mol. The molecule has 0 aromatic heterocycles. The van der Waals surface area contributed by atoms with Crippen molar-refractivity contribution >= 4 is 34.5 Å². The molecule has 2 aromatic carbocycles. The Morgan fingerprint density at radius 1 is 0.826 bits per heavy atom. The summed E-state index contributed by atoms with van der Waals surface area (Å²) in [6, 6.07) is 15.2. The lowest BCUT2D eigenvalue weighted by Crippen LogP contribution is -2.57. The fourth-order valence-corrected chi connectivity index (χ4v) is 5.92. The van der Waals surface area contributed by atoms with Crippen molar-refractivity contribution in [2.45, 2.75) is 84.7 Å². The molecule has 0 saturated carbocycles. The number of allylic oxidation sites excluding steroid dienone is 4. The van der Waals surface area contributed by atoms with Gasteiger partial charge in [-0.3, -0.25) is 29.0 Å². The van der Waals surface area contributed by atoms with Crippen molar-refractivity contribution in [1.82, 2.24) is 9.80 Å². The highest BCUT2D eigenvalue weighted by atomic mass is 19.1. The number of halogens is 1. The smallest absolute Gasteiger partial charge is 0.261 e. The summed E-state index contributed by atoms with van der Waals surface area (Å²) in [4.78, 5) is 57.6. The topological polar surface area (TPSA) is 93.2 Å². The summed E-state index contributed by atoms with van der Waals surface area (Å²) in [5.74, 6) is -0.820. The second-order valence-electron chi connectivity index (χ2n) is 12.4. The molecule has 9 heteroatoms. The molecule has 0 saturated heterocycles. The van der Waals surface area contributed by atoms with Crippen molar-refractivity contribution in [2.24, 2.45) is 0 Å². The van der Waals surface area contributed by atoms with Gasteiger partial charge in [-0.1, -0.05) is 67.1 Å². The zero-order valence-electron chi connectivity index (χ0n) is 27.5. The highest BCUT2D eigenvalue weighted by Gasteiger charge is 2.45. The first kappa shape index (κ1) is 34.3. The lowest BCUT2D eigenvalue weighted by Gasteiger charge is -2.43. The predicted molar refractivity (Wildman–Crippen MR) is 174 cm³/mol. The second kappa shape index (κ2) is 14.3. The molecule has 1 atom stereocenters. The van der Waals surface area contributed by atoms with E-state index in [9.17, 15) is 23.6 Å². The largest absolute Gasteiger partial charge is 0.477 e. The van der Waals surface area contributed by atoms with Crippen LogP contribution in [-0.2, 0) is 28.7 Å². The maximum atomic E-state index is 14.6. The Balaban J connectivity index is 1.47. The number of ketones is 2. The molecule has 0 N–H and O–H groups in total. The minimum Gasteiger partial charge on any atom is -0.477 e. The molecule has 2 aliphatic heterocycles. The molecule has 0 radical (unpaired) electrons. The van der Waals surface area contributed by atoms with E-state index >= 15 is 0 Å².